The van der Waals surface area contributed by atoms with Crippen LogP contribution in [0, 0.1) is 0 Å². The molecule has 0 spiro atoms. The van der Waals surface area contributed by atoms with Crippen LogP contribution in [0.1, 0.15) is 43.8 Å². The van der Waals surface area contributed by atoms with E-state index in [2.05, 4.69) is 51.8 Å². The maximum Gasteiger partial charge on any atom is 0.263 e. The Hall–Kier alpha value is -1.94. The van der Waals surface area contributed by atoms with Crippen molar-refractivity contribution in [2.45, 2.75) is 10.7 Å². The maximum absolute atomic E-state index is 12.4. The summed E-state index contributed by atoms with van der Waals surface area (Å²) in [4.78, 5) is 61.6. The summed E-state index contributed by atoms with van der Waals surface area (Å²) in [5, 5.41) is 0.391. The Morgan fingerprint density at radius 1 is 0.727 bits per heavy atom. The number of H-pyrrole nitrogens is 2. The van der Waals surface area contributed by atoms with Gasteiger partial charge in [-0.2, -0.15) is 0 Å². The molecule has 0 atom stereocenters. The van der Waals surface area contributed by atoms with Crippen LogP contribution in [-0.2, 0) is 10.7 Å². The number of fused-ring (bicyclic) bond motifs is 2. The Kier molecular flexibility index (Phi) is 3.65. The molecule has 2 N–H and O–H groups in total. The van der Waals surface area contributed by atoms with E-state index in [1.165, 1.54) is 0 Å². The minimum absolute atomic E-state index is 0.190. The molecule has 2 aromatic rings. The number of aromatic nitrogens is 4. The van der Waals surface area contributed by atoms with Gasteiger partial charge in [0.05, 0.1) is 10.7 Å². The molecule has 0 saturated heterocycles. The molecule has 0 aliphatic heterocycles. The highest BCUT2D eigenvalue weighted by atomic mass is 79.9. The first-order valence-electron chi connectivity index (χ1n) is 5.95. The smallest absolute Gasteiger partial charge is 0.263 e. The van der Waals surface area contributed by atoms with E-state index in [0.29, 0.717) is 0 Å². The molecule has 1 aliphatic carbocycles. The van der Waals surface area contributed by atoms with Gasteiger partial charge in [0.1, 0.15) is 34.2 Å². The predicted octanol–water partition coefficient (Wildman–Crippen LogP) is 0.418. The van der Waals surface area contributed by atoms with Gasteiger partial charge in [0.15, 0.2) is 0 Å². The molecule has 0 saturated carbocycles. The van der Waals surface area contributed by atoms with Gasteiger partial charge in [0.2, 0.25) is 11.6 Å². The molecule has 2 heterocycles. The molecule has 2 aromatic heterocycles. The lowest BCUT2D eigenvalue weighted by atomic mass is 9.92. The Labute approximate surface area is 138 Å². The summed E-state index contributed by atoms with van der Waals surface area (Å²) in [5.41, 5.74) is -2.89. The Balaban J connectivity index is 2.37. The van der Waals surface area contributed by atoms with Crippen LogP contribution in [0.5, 0.6) is 0 Å². The second kappa shape index (κ2) is 5.36. The fourth-order valence-electron chi connectivity index (χ4n) is 2.15. The van der Waals surface area contributed by atoms with Crippen LogP contribution < -0.4 is 11.1 Å². The summed E-state index contributed by atoms with van der Waals surface area (Å²) in [6.45, 7) is 0. The van der Waals surface area contributed by atoms with E-state index < -0.39 is 22.7 Å². The predicted molar refractivity (Wildman–Crippen MR) is 81.8 cm³/mol. The second-order valence-corrected chi connectivity index (χ2v) is 5.52. The summed E-state index contributed by atoms with van der Waals surface area (Å²) in [5.74, 6) is -1.19. The third-order valence-electron chi connectivity index (χ3n) is 3.07. The summed E-state index contributed by atoms with van der Waals surface area (Å²) >= 11 is 6.21. The first-order chi connectivity index (χ1) is 10.5. The summed E-state index contributed by atoms with van der Waals surface area (Å²) < 4.78 is 0. The van der Waals surface area contributed by atoms with Gasteiger partial charge in [-0.3, -0.25) is 19.2 Å². The largest absolute Gasteiger partial charge is 0.309 e. The molecule has 22 heavy (non-hydrogen) atoms. The van der Waals surface area contributed by atoms with Crippen molar-refractivity contribution in [2.75, 3.05) is 0 Å². The number of aromatic amines is 2. The Bertz CT molecular complexity index is 870. The monoisotopic (exact) mass is 428 g/mol. The number of nitrogens with zero attached hydrogens (tertiary/aromatic N) is 2. The molecule has 0 radical (unpaired) electrons. The highest BCUT2D eigenvalue weighted by molar-refractivity contribution is 9.08. The topological polar surface area (TPSA) is 126 Å². The number of alkyl halides is 2. The van der Waals surface area contributed by atoms with Gasteiger partial charge in [0.25, 0.3) is 11.1 Å². The van der Waals surface area contributed by atoms with Crippen LogP contribution in [0.2, 0.25) is 0 Å². The standard InChI is InChI=1S/C12H6Br2N4O4/c13-1-3-15-7-5(11(21)17-3)10(20)8-6(9(7)19)12(22)18-4(2-14)16-8/h1-2H2,(H,15,17,21)(H,16,18,22). The van der Waals surface area contributed by atoms with Crippen molar-refractivity contribution in [2.24, 2.45) is 0 Å². The number of rotatable bonds is 2. The molecular formula is C12H6Br2N4O4. The molecule has 0 unspecified atom stereocenters. The van der Waals surface area contributed by atoms with Crippen molar-refractivity contribution in [3.05, 3.63) is 54.9 Å². The highest BCUT2D eigenvalue weighted by Crippen LogP contribution is 2.20. The average Bonchev–Trinajstić information content (AvgIpc) is 2.51. The van der Waals surface area contributed by atoms with Gasteiger partial charge in [0, 0.05) is 0 Å². The summed E-state index contributed by atoms with van der Waals surface area (Å²) in [7, 11) is 0. The molecule has 0 bridgehead atoms. The van der Waals surface area contributed by atoms with Gasteiger partial charge < -0.3 is 9.97 Å². The zero-order valence-corrected chi connectivity index (χ0v) is 13.9. The fraction of sp³-hybridized carbons (Fsp3) is 0.167. The van der Waals surface area contributed by atoms with E-state index >= 15 is 0 Å². The Morgan fingerprint density at radius 2 is 1.09 bits per heavy atom. The normalized spacial score (nSPS) is 13.0. The minimum Gasteiger partial charge on any atom is -0.309 e. The number of ketones is 2. The van der Waals surface area contributed by atoms with E-state index in [0.717, 1.165) is 0 Å². The lowest BCUT2D eigenvalue weighted by Crippen LogP contribution is -2.37. The van der Waals surface area contributed by atoms with Gasteiger partial charge in [-0.05, 0) is 0 Å². The van der Waals surface area contributed by atoms with Crippen LogP contribution in [0.3, 0.4) is 0 Å². The lowest BCUT2D eigenvalue weighted by Gasteiger charge is -2.15. The number of carbonyl (C=O) groups is 2. The van der Waals surface area contributed by atoms with Crippen LogP contribution in [0.4, 0.5) is 0 Å². The molecule has 10 heteroatoms. The third-order valence-corrected chi connectivity index (χ3v) is 4.14. The summed E-state index contributed by atoms with van der Waals surface area (Å²) in [6.07, 6.45) is 0. The zero-order valence-electron chi connectivity index (χ0n) is 10.7. The van der Waals surface area contributed by atoms with Crippen molar-refractivity contribution < 1.29 is 9.59 Å². The van der Waals surface area contributed by atoms with E-state index in [1.54, 1.807) is 0 Å². The van der Waals surface area contributed by atoms with Crippen LogP contribution in [0.15, 0.2) is 9.59 Å². The van der Waals surface area contributed by atoms with Crippen LogP contribution in [-0.4, -0.2) is 31.5 Å². The number of hydrogen-bond donors (Lipinski definition) is 2. The first-order valence-corrected chi connectivity index (χ1v) is 8.20. The molecule has 0 aromatic carbocycles. The van der Waals surface area contributed by atoms with Gasteiger partial charge in [-0.1, -0.05) is 31.9 Å². The van der Waals surface area contributed by atoms with E-state index in [1.807, 2.05) is 0 Å². The third kappa shape index (κ3) is 2.10. The number of halogens is 2. The van der Waals surface area contributed by atoms with E-state index in [9.17, 15) is 19.2 Å². The molecule has 0 fully saturated rings. The van der Waals surface area contributed by atoms with Crippen molar-refractivity contribution in [1.29, 1.82) is 0 Å². The minimum atomic E-state index is -0.784. The molecule has 1 aliphatic rings. The summed E-state index contributed by atoms with van der Waals surface area (Å²) in [6, 6.07) is 0. The average molecular weight is 430 g/mol. The quantitative estimate of drug-likeness (QED) is 0.568. The van der Waals surface area contributed by atoms with Crippen molar-refractivity contribution in [3.8, 4) is 0 Å². The molecular weight excluding hydrogens is 424 g/mol. The van der Waals surface area contributed by atoms with Crippen LogP contribution in [0.25, 0.3) is 0 Å². The lowest BCUT2D eigenvalue weighted by molar-refractivity contribution is 0.0968. The van der Waals surface area contributed by atoms with E-state index in [-0.39, 0.29) is 44.8 Å². The SMILES string of the molecule is O=C1c2nc(CBr)[nH]c(=O)c2C(=O)c2nc(CBr)[nH]c(=O)c21. The molecule has 112 valence electrons. The van der Waals surface area contributed by atoms with E-state index in [4.69, 9.17) is 0 Å². The van der Waals surface area contributed by atoms with Crippen molar-refractivity contribution in [3.63, 3.8) is 0 Å². The molecule has 3 rings (SSSR count). The van der Waals surface area contributed by atoms with Gasteiger partial charge in [-0.15, -0.1) is 0 Å². The number of nitrogens with one attached hydrogen (secondary N) is 2. The number of carbonyl (C=O) groups excluding carboxylic acids is 2. The maximum atomic E-state index is 12.4. The highest BCUT2D eigenvalue weighted by Gasteiger charge is 2.37. The van der Waals surface area contributed by atoms with Crippen molar-refractivity contribution in [1.82, 2.24) is 19.9 Å². The zero-order chi connectivity index (χ0) is 16.0. The first kappa shape index (κ1) is 15.0. The van der Waals surface area contributed by atoms with Gasteiger partial charge >= 0.3 is 0 Å². The Morgan fingerprint density at radius 3 is 1.41 bits per heavy atom. The fourth-order valence-corrected chi connectivity index (χ4v) is 2.68. The van der Waals surface area contributed by atoms with Crippen molar-refractivity contribution >= 4 is 43.4 Å². The molecule has 8 nitrogen and oxygen atoms in total. The van der Waals surface area contributed by atoms with Crippen LogP contribution >= 0.6 is 31.9 Å². The van der Waals surface area contributed by atoms with Gasteiger partial charge in [-0.25, -0.2) is 9.97 Å². The number of hydrogen-bond acceptors (Lipinski definition) is 6. The second-order valence-electron chi connectivity index (χ2n) is 4.40. The molecule has 0 amide bonds.